The molecular formula is C27H29F3N6O2S. The number of halogens is 3. The van der Waals surface area contributed by atoms with Crippen LogP contribution < -0.4 is 4.90 Å². The third-order valence-corrected chi connectivity index (χ3v) is 6.70. The quantitative estimate of drug-likeness (QED) is 0.361. The molecule has 3 aromatic rings. The number of amides is 1. The average Bonchev–Trinajstić information content (AvgIpc) is 3.36. The number of aryl methyl sites for hydroxylation is 1. The molecular weight excluding hydrogens is 529 g/mol. The molecule has 0 saturated heterocycles. The van der Waals surface area contributed by atoms with Gasteiger partial charge in [0.1, 0.15) is 0 Å². The van der Waals surface area contributed by atoms with Crippen LogP contribution in [0.1, 0.15) is 49.6 Å². The van der Waals surface area contributed by atoms with E-state index in [0.29, 0.717) is 19.4 Å². The molecule has 1 heterocycles. The zero-order valence-electron chi connectivity index (χ0n) is 22.0. The van der Waals surface area contributed by atoms with Crippen LogP contribution in [0.15, 0.2) is 48.7 Å². The van der Waals surface area contributed by atoms with Crippen LogP contribution in [0.4, 0.5) is 18.9 Å². The van der Waals surface area contributed by atoms with E-state index in [-0.39, 0.29) is 5.69 Å². The smallest absolute Gasteiger partial charge is 0.393 e. The largest absolute Gasteiger partial charge is 0.417 e. The number of carbonyl (C=O) groups excluding carboxylic acids is 1. The van der Waals surface area contributed by atoms with Gasteiger partial charge in [-0.3, -0.25) is 14.6 Å². The standard InChI is InChI=1S/C27H29F3N6O2S/c1-18(37)5-9-21-16-36(33-32-21)22-10-6-19(7-11-22)15-34(4)26(2,3)25(38)35(17-39)23-12-8-20(14-31)24(13-23)27(28,29)30/h6-8,10-13,16-18,37H,5,9,15H2,1-4H3. The highest BCUT2D eigenvalue weighted by Gasteiger charge is 2.38. The van der Waals surface area contributed by atoms with Crippen molar-refractivity contribution in [3.05, 3.63) is 71.0 Å². The Kier molecular flexibility index (Phi) is 9.22. The third-order valence-electron chi connectivity index (χ3n) is 6.49. The number of rotatable bonds is 10. The summed E-state index contributed by atoms with van der Waals surface area (Å²) in [7, 11) is 1.74. The second-order valence-corrected chi connectivity index (χ2v) is 9.95. The number of carbonyl (C=O) groups is 1. The van der Waals surface area contributed by atoms with E-state index in [4.69, 9.17) is 17.5 Å². The predicted molar refractivity (Wildman–Crippen MR) is 144 cm³/mol. The first-order valence-electron chi connectivity index (χ1n) is 12.1. The van der Waals surface area contributed by atoms with Gasteiger partial charge in [0.2, 0.25) is 0 Å². The molecule has 0 bridgehead atoms. The first kappa shape index (κ1) is 29.9. The number of aromatic nitrogens is 3. The number of thiocarbonyl (C=S) groups is 1. The zero-order chi connectivity index (χ0) is 29.0. The minimum absolute atomic E-state index is 0.0761. The van der Waals surface area contributed by atoms with Crippen LogP contribution in [-0.2, 0) is 23.9 Å². The lowest BCUT2D eigenvalue weighted by Gasteiger charge is -2.37. The second kappa shape index (κ2) is 12.0. The molecule has 1 N–H and O–H groups in total. The number of hydrogen-bond donors (Lipinski definition) is 1. The summed E-state index contributed by atoms with van der Waals surface area (Å²) < 4.78 is 42.1. The minimum Gasteiger partial charge on any atom is -0.393 e. The van der Waals surface area contributed by atoms with Gasteiger partial charge in [0.15, 0.2) is 0 Å². The maximum Gasteiger partial charge on any atom is 0.417 e. The van der Waals surface area contributed by atoms with Crippen molar-refractivity contribution >= 4 is 29.3 Å². The van der Waals surface area contributed by atoms with Gasteiger partial charge < -0.3 is 5.11 Å². The van der Waals surface area contributed by atoms with Crippen LogP contribution in [0.25, 0.3) is 5.69 Å². The number of alkyl halides is 3. The summed E-state index contributed by atoms with van der Waals surface area (Å²) in [4.78, 5) is 16.2. The number of nitriles is 1. The molecule has 1 unspecified atom stereocenters. The maximum atomic E-state index is 13.5. The second-order valence-electron chi connectivity index (χ2n) is 9.74. The van der Waals surface area contributed by atoms with E-state index in [2.05, 4.69) is 10.3 Å². The van der Waals surface area contributed by atoms with E-state index in [9.17, 15) is 23.1 Å². The van der Waals surface area contributed by atoms with Crippen LogP contribution >= 0.6 is 12.2 Å². The lowest BCUT2D eigenvalue weighted by Crippen LogP contribution is -2.54. The molecule has 39 heavy (non-hydrogen) atoms. The SMILES string of the molecule is CC(O)CCc1cn(-c2ccc(CN(C)C(C)(C)C(=O)N(C=S)c3ccc(C#N)c(C(F)(F)F)c3)cc2)nn1. The summed E-state index contributed by atoms with van der Waals surface area (Å²) in [6.45, 7) is 5.41. The fourth-order valence-electron chi connectivity index (χ4n) is 3.82. The van der Waals surface area contributed by atoms with E-state index in [1.54, 1.807) is 43.6 Å². The summed E-state index contributed by atoms with van der Waals surface area (Å²) in [5.41, 5.74) is 0.562. The molecule has 8 nitrogen and oxygen atoms in total. The van der Waals surface area contributed by atoms with Crippen molar-refractivity contribution in [2.75, 3.05) is 11.9 Å². The van der Waals surface area contributed by atoms with Gasteiger partial charge in [0, 0.05) is 12.2 Å². The molecule has 206 valence electrons. The molecule has 12 heteroatoms. The van der Waals surface area contributed by atoms with E-state index < -0.39 is 34.9 Å². The monoisotopic (exact) mass is 558 g/mol. The third kappa shape index (κ3) is 7.06. The Morgan fingerprint density at radius 1 is 1.23 bits per heavy atom. The Balaban J connectivity index is 1.75. The summed E-state index contributed by atoms with van der Waals surface area (Å²) >= 11 is 5.00. The lowest BCUT2D eigenvalue weighted by molar-refractivity contribution is -0.137. The Morgan fingerprint density at radius 2 is 1.90 bits per heavy atom. The number of aliphatic hydroxyl groups is 1. The highest BCUT2D eigenvalue weighted by Crippen LogP contribution is 2.35. The highest BCUT2D eigenvalue weighted by molar-refractivity contribution is 7.79. The predicted octanol–water partition coefficient (Wildman–Crippen LogP) is 4.67. The van der Waals surface area contributed by atoms with Crippen molar-refractivity contribution in [3.8, 4) is 11.8 Å². The first-order chi connectivity index (χ1) is 18.3. The zero-order valence-corrected chi connectivity index (χ0v) is 22.8. The van der Waals surface area contributed by atoms with Gasteiger partial charge in [0.25, 0.3) is 5.91 Å². The first-order valence-corrected chi connectivity index (χ1v) is 12.5. The topological polar surface area (TPSA) is 98.3 Å². The molecule has 0 spiro atoms. The maximum absolute atomic E-state index is 13.5. The van der Waals surface area contributed by atoms with E-state index in [1.165, 1.54) is 12.1 Å². The molecule has 1 aromatic heterocycles. The number of likely N-dealkylation sites (N-methyl/N-ethyl adjacent to an activating group) is 1. The number of hydrogen-bond acceptors (Lipinski definition) is 7. The van der Waals surface area contributed by atoms with E-state index in [0.717, 1.165) is 39.5 Å². The normalized spacial score (nSPS) is 12.7. The van der Waals surface area contributed by atoms with Gasteiger partial charge in [-0.15, -0.1) is 5.10 Å². The van der Waals surface area contributed by atoms with Crippen molar-refractivity contribution in [2.24, 2.45) is 0 Å². The van der Waals surface area contributed by atoms with Crippen molar-refractivity contribution < 1.29 is 23.1 Å². The van der Waals surface area contributed by atoms with Gasteiger partial charge >= 0.3 is 6.18 Å². The molecule has 3 rings (SSSR count). The summed E-state index contributed by atoms with van der Waals surface area (Å²) in [5, 5.41) is 26.8. The fraction of sp³-hybridized carbons (Fsp3) is 0.370. The van der Waals surface area contributed by atoms with Gasteiger partial charge in [-0.25, -0.2) is 4.68 Å². The van der Waals surface area contributed by atoms with E-state index >= 15 is 0 Å². The van der Waals surface area contributed by atoms with E-state index in [1.807, 2.05) is 24.3 Å². The van der Waals surface area contributed by atoms with Crippen LogP contribution in [0.5, 0.6) is 0 Å². The molecule has 0 aliphatic carbocycles. The molecule has 0 aliphatic rings. The van der Waals surface area contributed by atoms with Gasteiger partial charge in [-0.05, 0) is 76.6 Å². The molecule has 0 radical (unpaired) electrons. The Bertz CT molecular complexity index is 1360. The molecule has 2 aromatic carbocycles. The average molecular weight is 559 g/mol. The van der Waals surface area contributed by atoms with Crippen molar-refractivity contribution in [1.82, 2.24) is 19.9 Å². The number of aliphatic hydroxyl groups excluding tert-OH is 1. The van der Waals surface area contributed by atoms with Gasteiger partial charge in [0.05, 0.1) is 51.9 Å². The Hall–Kier alpha value is -3.66. The Morgan fingerprint density at radius 3 is 2.46 bits per heavy atom. The highest BCUT2D eigenvalue weighted by atomic mass is 32.1. The molecule has 0 saturated carbocycles. The summed E-state index contributed by atoms with van der Waals surface area (Å²) in [5.74, 6) is -0.526. The van der Waals surface area contributed by atoms with Crippen LogP contribution in [0.3, 0.4) is 0 Å². The lowest BCUT2D eigenvalue weighted by atomic mass is 9.99. The van der Waals surface area contributed by atoms with Crippen LogP contribution in [0, 0.1) is 11.3 Å². The van der Waals surface area contributed by atoms with Gasteiger partial charge in [-0.1, -0.05) is 29.6 Å². The van der Waals surface area contributed by atoms with Gasteiger partial charge in [-0.2, -0.15) is 18.4 Å². The molecule has 0 aliphatic heterocycles. The van der Waals surface area contributed by atoms with Crippen LogP contribution in [0.2, 0.25) is 0 Å². The fourth-order valence-corrected chi connectivity index (χ4v) is 4.04. The van der Waals surface area contributed by atoms with Crippen molar-refractivity contribution in [3.63, 3.8) is 0 Å². The van der Waals surface area contributed by atoms with Crippen molar-refractivity contribution in [1.29, 1.82) is 5.26 Å². The Labute approximate surface area is 230 Å². The summed E-state index contributed by atoms with van der Waals surface area (Å²) in [6.07, 6.45) is -2.17. The molecule has 1 atom stereocenters. The number of anilines is 1. The summed E-state index contributed by atoms with van der Waals surface area (Å²) in [6, 6.07) is 12.1. The minimum atomic E-state index is -4.76. The number of nitrogens with zero attached hydrogens (tertiary/aromatic N) is 6. The van der Waals surface area contributed by atoms with Crippen molar-refractivity contribution in [2.45, 2.75) is 58.0 Å². The molecule has 0 fully saturated rings. The number of benzene rings is 2. The van der Waals surface area contributed by atoms with Crippen LogP contribution in [-0.4, -0.2) is 55.1 Å². The molecule has 1 amide bonds.